The minimum atomic E-state index is 0. The second kappa shape index (κ2) is 6.59. The molecule has 1 aromatic carbocycles. The first kappa shape index (κ1) is 15.8. The van der Waals surface area contributed by atoms with Crippen LogP contribution in [0.4, 0.5) is 0 Å². The van der Waals surface area contributed by atoms with Crippen molar-refractivity contribution >= 4 is 23.3 Å². The molecular formula is C17H24ClN3O. The summed E-state index contributed by atoms with van der Waals surface area (Å²) < 4.78 is 7.95. The Labute approximate surface area is 138 Å². The van der Waals surface area contributed by atoms with Gasteiger partial charge < -0.3 is 9.30 Å². The fourth-order valence-electron chi connectivity index (χ4n) is 3.68. The van der Waals surface area contributed by atoms with Gasteiger partial charge in [0, 0.05) is 43.9 Å². The van der Waals surface area contributed by atoms with E-state index in [9.17, 15) is 0 Å². The Kier molecular flexibility index (Phi) is 4.73. The van der Waals surface area contributed by atoms with Crippen LogP contribution in [0, 0.1) is 0 Å². The molecule has 120 valence electrons. The van der Waals surface area contributed by atoms with Gasteiger partial charge >= 0.3 is 0 Å². The molecule has 0 amide bonds. The highest BCUT2D eigenvalue weighted by atomic mass is 35.5. The molecule has 1 unspecified atom stereocenters. The van der Waals surface area contributed by atoms with Crippen LogP contribution in [-0.2, 0) is 17.8 Å². The summed E-state index contributed by atoms with van der Waals surface area (Å²) in [6, 6.07) is 11.1. The Hall–Kier alpha value is -1.07. The number of halogens is 1. The van der Waals surface area contributed by atoms with E-state index >= 15 is 0 Å². The number of morpholine rings is 1. The van der Waals surface area contributed by atoms with E-state index in [-0.39, 0.29) is 12.4 Å². The predicted octanol–water partition coefficient (Wildman–Crippen LogP) is 2.56. The third-order valence-electron chi connectivity index (χ3n) is 4.97. The van der Waals surface area contributed by atoms with Crippen molar-refractivity contribution in [3.05, 3.63) is 36.0 Å². The van der Waals surface area contributed by atoms with Crippen molar-refractivity contribution in [2.24, 2.45) is 0 Å². The Morgan fingerprint density at radius 2 is 1.77 bits per heavy atom. The van der Waals surface area contributed by atoms with E-state index in [1.165, 1.54) is 16.6 Å². The quantitative estimate of drug-likeness (QED) is 0.848. The zero-order valence-electron chi connectivity index (χ0n) is 13.1. The summed E-state index contributed by atoms with van der Waals surface area (Å²) in [6.07, 6.45) is 0.501. The van der Waals surface area contributed by atoms with E-state index in [0.717, 1.165) is 45.9 Å². The fourth-order valence-corrected chi connectivity index (χ4v) is 3.68. The molecule has 1 aromatic heterocycles. The van der Waals surface area contributed by atoms with Crippen LogP contribution in [0.3, 0.4) is 0 Å². The first-order chi connectivity index (χ1) is 10.3. The maximum Gasteiger partial charge on any atom is 0.0599 e. The van der Waals surface area contributed by atoms with E-state index in [2.05, 4.69) is 51.6 Å². The molecule has 22 heavy (non-hydrogen) atoms. The first-order valence-corrected chi connectivity index (χ1v) is 7.96. The summed E-state index contributed by atoms with van der Waals surface area (Å²) in [6.45, 7) is 9.47. The minimum Gasteiger partial charge on any atom is -0.379 e. The Balaban J connectivity index is 0.00000144. The van der Waals surface area contributed by atoms with Crippen molar-refractivity contribution in [2.75, 3.05) is 32.8 Å². The highest BCUT2D eigenvalue weighted by Crippen LogP contribution is 2.25. The largest absolute Gasteiger partial charge is 0.379 e. The maximum absolute atomic E-state index is 5.47. The number of hydrogen-bond acceptors (Lipinski definition) is 3. The van der Waals surface area contributed by atoms with Gasteiger partial charge in [0.15, 0.2) is 0 Å². The summed E-state index contributed by atoms with van der Waals surface area (Å²) in [5, 5.41) is 1.37. The lowest BCUT2D eigenvalue weighted by Gasteiger charge is -2.41. The van der Waals surface area contributed by atoms with Gasteiger partial charge in [0.1, 0.15) is 0 Å². The number of hydrogen-bond donors (Lipinski definition) is 0. The van der Waals surface area contributed by atoms with Gasteiger partial charge in [-0.2, -0.15) is 0 Å². The fraction of sp³-hybridized carbons (Fsp3) is 0.529. The summed E-state index contributed by atoms with van der Waals surface area (Å²) in [5.41, 5.74) is 2.83. The Morgan fingerprint density at radius 1 is 1.00 bits per heavy atom. The zero-order chi connectivity index (χ0) is 14.2. The third-order valence-corrected chi connectivity index (χ3v) is 4.97. The molecule has 0 N–H and O–H groups in total. The lowest BCUT2D eigenvalue weighted by molar-refractivity contribution is -0.0339. The molecule has 0 bridgehead atoms. The first-order valence-electron chi connectivity index (χ1n) is 7.96. The number of rotatable bonds is 2. The summed E-state index contributed by atoms with van der Waals surface area (Å²) in [4.78, 5) is 5.14. The normalized spacial score (nSPS) is 21.3. The average Bonchev–Trinajstić information content (AvgIpc) is 2.92. The molecule has 5 heteroatoms. The SMILES string of the molecule is CC(N1CCOCC1)N1CCn2c(cc3ccccc32)C1.Cl. The molecule has 3 heterocycles. The maximum atomic E-state index is 5.47. The van der Waals surface area contributed by atoms with Crippen molar-refractivity contribution in [3.8, 4) is 0 Å². The van der Waals surface area contributed by atoms with E-state index < -0.39 is 0 Å². The van der Waals surface area contributed by atoms with Gasteiger partial charge in [-0.05, 0) is 24.4 Å². The molecule has 1 saturated heterocycles. The van der Waals surface area contributed by atoms with Gasteiger partial charge in [0.05, 0.1) is 19.4 Å². The smallest absolute Gasteiger partial charge is 0.0599 e. The minimum absolute atomic E-state index is 0. The summed E-state index contributed by atoms with van der Waals surface area (Å²) >= 11 is 0. The van der Waals surface area contributed by atoms with E-state index in [1.807, 2.05) is 0 Å². The predicted molar refractivity (Wildman–Crippen MR) is 91.5 cm³/mol. The van der Waals surface area contributed by atoms with Crippen molar-refractivity contribution in [1.82, 2.24) is 14.4 Å². The molecule has 2 aliphatic rings. The van der Waals surface area contributed by atoms with E-state index in [1.54, 1.807) is 0 Å². The van der Waals surface area contributed by atoms with E-state index in [0.29, 0.717) is 6.17 Å². The van der Waals surface area contributed by atoms with Crippen molar-refractivity contribution in [2.45, 2.75) is 26.2 Å². The number of para-hydroxylation sites is 1. The zero-order valence-corrected chi connectivity index (χ0v) is 13.9. The van der Waals surface area contributed by atoms with Crippen molar-refractivity contribution < 1.29 is 4.74 Å². The van der Waals surface area contributed by atoms with Crippen LogP contribution >= 0.6 is 12.4 Å². The van der Waals surface area contributed by atoms with Gasteiger partial charge in [0.25, 0.3) is 0 Å². The van der Waals surface area contributed by atoms with Gasteiger partial charge in [-0.3, -0.25) is 9.80 Å². The second-order valence-electron chi connectivity index (χ2n) is 6.10. The average molecular weight is 322 g/mol. The molecular weight excluding hydrogens is 298 g/mol. The second-order valence-corrected chi connectivity index (χ2v) is 6.10. The van der Waals surface area contributed by atoms with Crippen LogP contribution in [0.2, 0.25) is 0 Å². The molecule has 1 atom stereocenters. The van der Waals surface area contributed by atoms with Crippen LogP contribution < -0.4 is 0 Å². The van der Waals surface area contributed by atoms with Crippen LogP contribution in [0.15, 0.2) is 30.3 Å². The van der Waals surface area contributed by atoms with Crippen molar-refractivity contribution in [3.63, 3.8) is 0 Å². The molecule has 4 nitrogen and oxygen atoms in total. The highest BCUT2D eigenvalue weighted by Gasteiger charge is 2.26. The number of benzene rings is 1. The van der Waals surface area contributed by atoms with Gasteiger partial charge in [-0.15, -0.1) is 12.4 Å². The molecule has 4 rings (SSSR count). The third kappa shape index (κ3) is 2.76. The summed E-state index contributed by atoms with van der Waals surface area (Å²) in [5.74, 6) is 0. The van der Waals surface area contributed by atoms with Gasteiger partial charge in [-0.25, -0.2) is 0 Å². The number of aromatic nitrogens is 1. The van der Waals surface area contributed by atoms with Crippen molar-refractivity contribution in [1.29, 1.82) is 0 Å². The molecule has 0 radical (unpaired) electrons. The van der Waals surface area contributed by atoms with E-state index in [4.69, 9.17) is 4.74 Å². The number of ether oxygens (including phenoxy) is 1. The molecule has 0 spiro atoms. The molecule has 0 saturated carbocycles. The molecule has 2 aromatic rings. The monoisotopic (exact) mass is 321 g/mol. The molecule has 0 aliphatic carbocycles. The Morgan fingerprint density at radius 3 is 2.59 bits per heavy atom. The standard InChI is InChI=1S/C17H23N3O.ClH/c1-14(18-8-10-21-11-9-18)19-6-7-20-16(13-19)12-15-4-2-3-5-17(15)20;/h2-5,12,14H,6-11,13H2,1H3;1H. The Bertz CT molecular complexity index is 636. The van der Waals surface area contributed by atoms with Crippen LogP contribution in [-0.4, -0.2) is 53.4 Å². The van der Waals surface area contributed by atoms with Crippen LogP contribution in [0.25, 0.3) is 10.9 Å². The molecule has 1 fully saturated rings. The lowest BCUT2D eigenvalue weighted by Crippen LogP contribution is -2.52. The summed E-state index contributed by atoms with van der Waals surface area (Å²) in [7, 11) is 0. The number of nitrogens with zero attached hydrogens (tertiary/aromatic N) is 3. The van der Waals surface area contributed by atoms with Crippen LogP contribution in [0.5, 0.6) is 0 Å². The topological polar surface area (TPSA) is 20.6 Å². The van der Waals surface area contributed by atoms with Crippen LogP contribution in [0.1, 0.15) is 12.6 Å². The van der Waals surface area contributed by atoms with Gasteiger partial charge in [-0.1, -0.05) is 18.2 Å². The molecule has 2 aliphatic heterocycles. The lowest BCUT2D eigenvalue weighted by atomic mass is 10.2. The highest BCUT2D eigenvalue weighted by molar-refractivity contribution is 5.85. The number of fused-ring (bicyclic) bond motifs is 3. The van der Waals surface area contributed by atoms with Gasteiger partial charge in [0.2, 0.25) is 0 Å².